The molecule has 2 aromatic rings. The van der Waals surface area contributed by atoms with Gasteiger partial charge in [-0.2, -0.15) is 0 Å². The summed E-state index contributed by atoms with van der Waals surface area (Å²) in [7, 11) is 0. The largest absolute Gasteiger partial charge is 0.282 e. The number of fused-ring (bicyclic) bond motifs is 5. The summed E-state index contributed by atoms with van der Waals surface area (Å²) in [6, 6.07) is 3.51. The normalized spacial score (nSPS) is 26.6. The second kappa shape index (κ2) is 6.07. The van der Waals surface area contributed by atoms with Crippen LogP contribution in [0.1, 0.15) is 38.8 Å². The molecule has 1 atom stereocenters. The highest BCUT2D eigenvalue weighted by Gasteiger charge is 2.32. The lowest BCUT2D eigenvalue weighted by Gasteiger charge is -2.29. The van der Waals surface area contributed by atoms with Gasteiger partial charge in [0.15, 0.2) is 0 Å². The first-order valence-electron chi connectivity index (χ1n) is 8.27. The number of rotatable bonds is 2. The maximum atomic E-state index is 12.8. The molecular formula is C17H20Cl2N2OS. The van der Waals surface area contributed by atoms with Gasteiger partial charge < -0.3 is 0 Å². The van der Waals surface area contributed by atoms with Crippen molar-refractivity contribution in [2.75, 3.05) is 13.1 Å². The first kappa shape index (κ1) is 15.9. The smallest absolute Gasteiger partial charge is 0.270 e. The van der Waals surface area contributed by atoms with Crippen molar-refractivity contribution in [3.8, 4) is 0 Å². The molecule has 0 N–H and O–H groups in total. The molecule has 0 radical (unpaired) electrons. The van der Waals surface area contributed by atoms with E-state index in [1.807, 2.05) is 3.96 Å². The maximum Gasteiger partial charge on any atom is 0.270 e. The molecule has 1 saturated carbocycles. The Kier molecular flexibility index (Phi) is 4.21. The summed E-state index contributed by atoms with van der Waals surface area (Å²) < 4.78 is 2.80. The van der Waals surface area contributed by atoms with E-state index in [9.17, 15) is 4.79 Å². The molecule has 1 aromatic heterocycles. The lowest BCUT2D eigenvalue weighted by atomic mass is 9.84. The van der Waals surface area contributed by atoms with E-state index in [1.54, 1.807) is 12.1 Å². The van der Waals surface area contributed by atoms with E-state index in [4.69, 9.17) is 23.2 Å². The van der Waals surface area contributed by atoms with Crippen LogP contribution >= 0.6 is 34.7 Å². The van der Waals surface area contributed by atoms with Crippen molar-refractivity contribution in [2.45, 2.75) is 38.8 Å². The number of benzene rings is 1. The Morgan fingerprint density at radius 1 is 1.09 bits per heavy atom. The monoisotopic (exact) mass is 370 g/mol. The summed E-state index contributed by atoms with van der Waals surface area (Å²) in [6.07, 6.45) is 5.49. The minimum absolute atomic E-state index is 0.0488. The van der Waals surface area contributed by atoms with Gasteiger partial charge in [-0.3, -0.25) is 9.69 Å². The first-order valence-corrected chi connectivity index (χ1v) is 9.80. The van der Waals surface area contributed by atoms with Crippen LogP contribution in [0, 0.1) is 11.8 Å². The van der Waals surface area contributed by atoms with E-state index in [0.717, 1.165) is 29.6 Å². The number of halogens is 2. The van der Waals surface area contributed by atoms with Crippen molar-refractivity contribution >= 4 is 44.8 Å². The quantitative estimate of drug-likeness (QED) is 0.741. The van der Waals surface area contributed by atoms with Gasteiger partial charge in [0, 0.05) is 13.1 Å². The Labute approximate surface area is 149 Å². The molecule has 124 valence electrons. The molecule has 0 amide bonds. The van der Waals surface area contributed by atoms with E-state index in [2.05, 4.69) is 11.8 Å². The van der Waals surface area contributed by atoms with Crippen molar-refractivity contribution < 1.29 is 0 Å². The second-order valence-corrected chi connectivity index (χ2v) is 8.79. The molecule has 3 fully saturated rings. The van der Waals surface area contributed by atoms with Crippen LogP contribution in [0.5, 0.6) is 0 Å². The molecule has 1 unspecified atom stereocenters. The van der Waals surface area contributed by atoms with E-state index < -0.39 is 0 Å². The third-order valence-corrected chi connectivity index (χ3v) is 7.39. The molecule has 3 heterocycles. The molecule has 0 spiro atoms. The molecule has 2 aliphatic heterocycles. The Morgan fingerprint density at radius 2 is 1.65 bits per heavy atom. The highest BCUT2D eigenvalue weighted by molar-refractivity contribution is 7.14. The Hall–Kier alpha value is -0.550. The van der Waals surface area contributed by atoms with E-state index in [1.165, 1.54) is 37.2 Å². The fraction of sp³-hybridized carbons (Fsp3) is 0.588. The average Bonchev–Trinajstić information content (AvgIpc) is 2.74. The third-order valence-electron chi connectivity index (χ3n) is 5.47. The minimum atomic E-state index is 0.0488. The minimum Gasteiger partial charge on any atom is -0.282 e. The maximum absolute atomic E-state index is 12.8. The van der Waals surface area contributed by atoms with Crippen LogP contribution < -0.4 is 5.56 Å². The first-order chi connectivity index (χ1) is 11.0. The van der Waals surface area contributed by atoms with Crippen molar-refractivity contribution in [3.05, 3.63) is 32.5 Å². The fourth-order valence-electron chi connectivity index (χ4n) is 4.07. The van der Waals surface area contributed by atoms with Crippen LogP contribution in [0.2, 0.25) is 10.0 Å². The van der Waals surface area contributed by atoms with Gasteiger partial charge in [-0.25, -0.2) is 3.96 Å². The highest BCUT2D eigenvalue weighted by Crippen LogP contribution is 2.37. The van der Waals surface area contributed by atoms with Crippen molar-refractivity contribution in [2.24, 2.45) is 11.8 Å². The zero-order chi connectivity index (χ0) is 16.1. The van der Waals surface area contributed by atoms with Gasteiger partial charge in [-0.05, 0) is 56.6 Å². The molecular weight excluding hydrogens is 351 g/mol. The molecule has 1 aromatic carbocycles. The molecule has 3 aliphatic rings. The molecule has 1 aliphatic carbocycles. The number of aromatic nitrogens is 1. The average molecular weight is 371 g/mol. The van der Waals surface area contributed by atoms with Crippen LogP contribution in [0.3, 0.4) is 0 Å². The Balaban J connectivity index is 1.71. The Morgan fingerprint density at radius 3 is 2.26 bits per heavy atom. The van der Waals surface area contributed by atoms with Crippen molar-refractivity contribution in [1.29, 1.82) is 0 Å². The molecule has 5 rings (SSSR count). The van der Waals surface area contributed by atoms with Gasteiger partial charge in [0.1, 0.15) is 0 Å². The van der Waals surface area contributed by atoms with E-state index >= 15 is 0 Å². The number of nitrogens with zero attached hydrogens (tertiary/aromatic N) is 2. The third kappa shape index (κ3) is 2.84. The van der Waals surface area contributed by atoms with Gasteiger partial charge in [-0.15, -0.1) is 0 Å². The fourth-order valence-corrected chi connectivity index (χ4v) is 5.56. The van der Waals surface area contributed by atoms with Gasteiger partial charge in [-0.1, -0.05) is 34.7 Å². The second-order valence-electron chi connectivity index (χ2n) is 6.96. The number of hydrogen-bond donors (Lipinski definition) is 0. The predicted molar refractivity (Wildman–Crippen MR) is 97.8 cm³/mol. The van der Waals surface area contributed by atoms with Crippen molar-refractivity contribution in [1.82, 2.24) is 8.86 Å². The Bertz CT molecular complexity index is 778. The predicted octanol–water partition coefficient (Wildman–Crippen LogP) is 5.01. The molecule has 2 saturated heterocycles. The van der Waals surface area contributed by atoms with Gasteiger partial charge in [0.05, 0.1) is 26.3 Å². The van der Waals surface area contributed by atoms with Gasteiger partial charge in [0.25, 0.3) is 5.56 Å². The van der Waals surface area contributed by atoms with Crippen LogP contribution in [-0.2, 0) is 0 Å². The molecule has 23 heavy (non-hydrogen) atoms. The lowest BCUT2D eigenvalue weighted by Crippen LogP contribution is -2.36. The topological polar surface area (TPSA) is 25.2 Å². The molecule has 6 heteroatoms. The standard InChI is InChI=1S/C17H20Cl2N2OS/c1-10(20-8-11-2-3-12(9-20)5-4-11)21-17(22)13-6-14(18)15(19)7-16(13)23-21/h6-7,10-12H,2-5,8-9H2,1H3. The zero-order valence-corrected chi connectivity index (χ0v) is 15.4. The highest BCUT2D eigenvalue weighted by atomic mass is 35.5. The summed E-state index contributed by atoms with van der Waals surface area (Å²) in [4.78, 5) is 15.3. The number of hydrogen-bond acceptors (Lipinski definition) is 3. The molecule has 2 bridgehead atoms. The summed E-state index contributed by atoms with van der Waals surface area (Å²) in [6.45, 7) is 4.37. The van der Waals surface area contributed by atoms with E-state index in [0.29, 0.717) is 15.4 Å². The van der Waals surface area contributed by atoms with Crippen LogP contribution in [0.4, 0.5) is 0 Å². The lowest BCUT2D eigenvalue weighted by molar-refractivity contribution is 0.147. The van der Waals surface area contributed by atoms with Crippen LogP contribution in [-0.4, -0.2) is 21.9 Å². The zero-order valence-electron chi connectivity index (χ0n) is 13.1. The van der Waals surface area contributed by atoms with Crippen LogP contribution in [0.15, 0.2) is 16.9 Å². The van der Waals surface area contributed by atoms with E-state index in [-0.39, 0.29) is 11.7 Å². The summed E-state index contributed by atoms with van der Waals surface area (Å²) in [5, 5.41) is 1.63. The van der Waals surface area contributed by atoms with Crippen LogP contribution in [0.25, 0.3) is 10.1 Å². The summed E-state index contributed by atoms with van der Waals surface area (Å²) in [5.74, 6) is 1.59. The van der Waals surface area contributed by atoms with Gasteiger partial charge >= 0.3 is 0 Å². The van der Waals surface area contributed by atoms with Gasteiger partial charge in [0.2, 0.25) is 0 Å². The molecule has 3 nitrogen and oxygen atoms in total. The SMILES string of the molecule is CC(N1CC2CCC(CC2)C1)n1sc2cc(Cl)c(Cl)cc2c1=O. The summed E-state index contributed by atoms with van der Waals surface area (Å²) >= 11 is 13.7. The summed E-state index contributed by atoms with van der Waals surface area (Å²) in [5.41, 5.74) is 0.0488. The van der Waals surface area contributed by atoms with Crippen molar-refractivity contribution in [3.63, 3.8) is 0 Å².